The van der Waals surface area contributed by atoms with E-state index in [9.17, 15) is 4.79 Å². The second-order valence-corrected chi connectivity index (χ2v) is 6.78. The molecule has 6 heteroatoms. The van der Waals surface area contributed by atoms with E-state index in [0.717, 1.165) is 29.4 Å². The average Bonchev–Trinajstić information content (AvgIpc) is 3.15. The van der Waals surface area contributed by atoms with Gasteiger partial charge in [0.1, 0.15) is 5.78 Å². The molecule has 0 aliphatic heterocycles. The Labute approximate surface area is 127 Å². The van der Waals surface area contributed by atoms with Crippen molar-refractivity contribution in [3.8, 4) is 11.4 Å². The molecule has 2 fully saturated rings. The van der Waals surface area contributed by atoms with E-state index in [-0.39, 0.29) is 5.25 Å². The molecule has 108 valence electrons. The van der Waals surface area contributed by atoms with Crippen LogP contribution in [0, 0.1) is 0 Å². The topological polar surface area (TPSA) is 60.7 Å². The highest BCUT2D eigenvalue weighted by atomic mass is 32.2. The smallest absolute Gasteiger partial charge is 0.192 e. The SMILES string of the molecule is O=C1CCC[C@@H]1Sc1nnc(-c2ccncc2)n1C1CC1. The van der Waals surface area contributed by atoms with Gasteiger partial charge in [0.25, 0.3) is 0 Å². The second-order valence-electron chi connectivity index (χ2n) is 5.61. The van der Waals surface area contributed by atoms with Gasteiger partial charge in [-0.2, -0.15) is 0 Å². The van der Waals surface area contributed by atoms with Crippen LogP contribution in [0.5, 0.6) is 0 Å². The van der Waals surface area contributed by atoms with Gasteiger partial charge in [-0.25, -0.2) is 0 Å². The molecule has 0 bridgehead atoms. The normalized spacial score (nSPS) is 21.9. The summed E-state index contributed by atoms with van der Waals surface area (Å²) in [7, 11) is 0. The minimum absolute atomic E-state index is 0.0667. The lowest BCUT2D eigenvalue weighted by Gasteiger charge is -2.11. The summed E-state index contributed by atoms with van der Waals surface area (Å²) in [6.45, 7) is 0. The van der Waals surface area contributed by atoms with Gasteiger partial charge in [0.05, 0.1) is 5.25 Å². The summed E-state index contributed by atoms with van der Waals surface area (Å²) in [4.78, 5) is 15.9. The number of thioether (sulfide) groups is 1. The number of nitrogens with zero attached hydrogens (tertiary/aromatic N) is 4. The highest BCUT2D eigenvalue weighted by molar-refractivity contribution is 8.00. The molecule has 5 nitrogen and oxygen atoms in total. The number of pyridine rings is 1. The van der Waals surface area contributed by atoms with Crippen molar-refractivity contribution in [1.82, 2.24) is 19.7 Å². The fourth-order valence-electron chi connectivity index (χ4n) is 2.75. The van der Waals surface area contributed by atoms with E-state index in [1.54, 1.807) is 24.2 Å². The predicted molar refractivity (Wildman–Crippen MR) is 80.0 cm³/mol. The molecule has 4 rings (SSSR count). The molecule has 0 aromatic carbocycles. The molecular weight excluding hydrogens is 284 g/mol. The number of hydrogen-bond donors (Lipinski definition) is 0. The molecule has 0 radical (unpaired) electrons. The van der Waals surface area contributed by atoms with Gasteiger partial charge in [0, 0.05) is 30.4 Å². The van der Waals surface area contributed by atoms with Gasteiger partial charge in [-0.05, 0) is 37.8 Å². The quantitative estimate of drug-likeness (QED) is 0.869. The Hall–Kier alpha value is -1.69. The molecule has 2 aliphatic carbocycles. The van der Waals surface area contributed by atoms with Gasteiger partial charge in [-0.1, -0.05) is 11.8 Å². The Morgan fingerprint density at radius 2 is 1.95 bits per heavy atom. The number of carbonyl (C=O) groups excluding carboxylic acids is 1. The minimum Gasteiger partial charge on any atom is -0.299 e. The number of rotatable bonds is 4. The molecule has 2 aromatic rings. The van der Waals surface area contributed by atoms with Gasteiger partial charge < -0.3 is 0 Å². The molecule has 2 heterocycles. The average molecular weight is 300 g/mol. The minimum atomic E-state index is 0.0667. The van der Waals surface area contributed by atoms with Crippen LogP contribution in [0.15, 0.2) is 29.7 Å². The molecule has 21 heavy (non-hydrogen) atoms. The molecule has 0 unspecified atom stereocenters. The second kappa shape index (κ2) is 5.26. The third kappa shape index (κ3) is 2.48. The Balaban J connectivity index is 1.68. The lowest BCUT2D eigenvalue weighted by molar-refractivity contribution is -0.116. The Kier molecular flexibility index (Phi) is 3.25. The Bertz CT molecular complexity index is 666. The Morgan fingerprint density at radius 1 is 1.14 bits per heavy atom. The molecule has 0 spiro atoms. The summed E-state index contributed by atoms with van der Waals surface area (Å²) in [5.41, 5.74) is 1.04. The number of ketones is 1. The number of carbonyl (C=O) groups is 1. The van der Waals surface area contributed by atoms with Crippen molar-refractivity contribution >= 4 is 17.5 Å². The maximum Gasteiger partial charge on any atom is 0.192 e. The van der Waals surface area contributed by atoms with Crippen LogP contribution in [-0.4, -0.2) is 30.8 Å². The summed E-state index contributed by atoms with van der Waals surface area (Å²) in [6, 6.07) is 4.40. The van der Waals surface area contributed by atoms with Gasteiger partial charge in [0.2, 0.25) is 0 Å². The standard InChI is InChI=1S/C15H16N4OS/c20-12-2-1-3-13(12)21-15-18-17-14(19(15)11-4-5-11)10-6-8-16-9-7-10/h6-9,11,13H,1-5H2/t13-/m0/s1. The van der Waals surface area contributed by atoms with Crippen LogP contribution in [0.4, 0.5) is 0 Å². The summed E-state index contributed by atoms with van der Waals surface area (Å²) < 4.78 is 2.21. The number of aromatic nitrogens is 4. The van der Waals surface area contributed by atoms with Crippen molar-refractivity contribution in [1.29, 1.82) is 0 Å². The van der Waals surface area contributed by atoms with Crippen LogP contribution in [0.3, 0.4) is 0 Å². The lowest BCUT2D eigenvalue weighted by atomic mass is 10.2. The zero-order chi connectivity index (χ0) is 14.2. The molecule has 2 aliphatic rings. The maximum atomic E-state index is 11.9. The van der Waals surface area contributed by atoms with Gasteiger partial charge in [-0.15, -0.1) is 10.2 Å². The summed E-state index contributed by atoms with van der Waals surface area (Å²) >= 11 is 1.59. The van der Waals surface area contributed by atoms with E-state index in [2.05, 4.69) is 19.7 Å². The van der Waals surface area contributed by atoms with Crippen molar-refractivity contribution in [2.75, 3.05) is 0 Å². The largest absolute Gasteiger partial charge is 0.299 e. The van der Waals surface area contributed by atoms with E-state index < -0.39 is 0 Å². The molecule has 0 amide bonds. The first kappa shape index (κ1) is 13.0. The molecule has 2 saturated carbocycles. The molecular formula is C15H16N4OS. The van der Waals surface area contributed by atoms with Gasteiger partial charge >= 0.3 is 0 Å². The fourth-order valence-corrected chi connectivity index (χ4v) is 3.98. The number of Topliss-reactive ketones (excluding diaryl/α,β-unsaturated/α-hetero) is 1. The zero-order valence-electron chi connectivity index (χ0n) is 11.6. The highest BCUT2D eigenvalue weighted by Gasteiger charge is 2.33. The highest BCUT2D eigenvalue weighted by Crippen LogP contribution is 2.42. The van der Waals surface area contributed by atoms with Crippen LogP contribution >= 0.6 is 11.8 Å². The summed E-state index contributed by atoms with van der Waals surface area (Å²) in [5, 5.41) is 9.68. The molecule has 0 N–H and O–H groups in total. The monoisotopic (exact) mass is 300 g/mol. The fraction of sp³-hybridized carbons (Fsp3) is 0.467. The molecule has 1 atom stereocenters. The third-order valence-electron chi connectivity index (χ3n) is 4.01. The van der Waals surface area contributed by atoms with Crippen LogP contribution in [0.2, 0.25) is 0 Å². The van der Waals surface area contributed by atoms with E-state index in [4.69, 9.17) is 0 Å². The first-order valence-electron chi connectivity index (χ1n) is 7.37. The maximum absolute atomic E-state index is 11.9. The molecule has 2 aromatic heterocycles. The van der Waals surface area contributed by atoms with Crippen molar-refractivity contribution in [2.45, 2.75) is 48.6 Å². The van der Waals surface area contributed by atoms with E-state index in [1.165, 1.54) is 12.8 Å². The third-order valence-corrected chi connectivity index (χ3v) is 5.28. The van der Waals surface area contributed by atoms with Gasteiger partial charge in [0.15, 0.2) is 11.0 Å². The van der Waals surface area contributed by atoms with Crippen LogP contribution in [0.25, 0.3) is 11.4 Å². The van der Waals surface area contributed by atoms with E-state index in [1.807, 2.05) is 12.1 Å². The van der Waals surface area contributed by atoms with Crippen LogP contribution in [-0.2, 0) is 4.79 Å². The summed E-state index contributed by atoms with van der Waals surface area (Å²) in [6.07, 6.45) is 8.57. The Morgan fingerprint density at radius 3 is 2.62 bits per heavy atom. The first-order chi connectivity index (χ1) is 10.3. The van der Waals surface area contributed by atoms with E-state index >= 15 is 0 Å². The van der Waals surface area contributed by atoms with Crippen LogP contribution < -0.4 is 0 Å². The lowest BCUT2D eigenvalue weighted by Crippen LogP contribution is -2.10. The van der Waals surface area contributed by atoms with Gasteiger partial charge in [-0.3, -0.25) is 14.3 Å². The zero-order valence-corrected chi connectivity index (χ0v) is 12.4. The molecule has 0 saturated heterocycles. The first-order valence-corrected chi connectivity index (χ1v) is 8.25. The van der Waals surface area contributed by atoms with Crippen molar-refractivity contribution < 1.29 is 4.79 Å². The van der Waals surface area contributed by atoms with Crippen molar-refractivity contribution in [3.63, 3.8) is 0 Å². The van der Waals surface area contributed by atoms with E-state index in [0.29, 0.717) is 18.2 Å². The predicted octanol–water partition coefficient (Wildman–Crippen LogP) is 2.89. The number of hydrogen-bond acceptors (Lipinski definition) is 5. The summed E-state index contributed by atoms with van der Waals surface area (Å²) in [5.74, 6) is 1.25. The van der Waals surface area contributed by atoms with Crippen molar-refractivity contribution in [3.05, 3.63) is 24.5 Å². The van der Waals surface area contributed by atoms with Crippen molar-refractivity contribution in [2.24, 2.45) is 0 Å². The van der Waals surface area contributed by atoms with Crippen LogP contribution in [0.1, 0.15) is 38.1 Å².